The summed E-state index contributed by atoms with van der Waals surface area (Å²) in [6.07, 6.45) is 5.22. The van der Waals surface area contributed by atoms with Crippen LogP contribution in [0.25, 0.3) is 0 Å². The van der Waals surface area contributed by atoms with Crippen molar-refractivity contribution >= 4 is 31.8 Å². The van der Waals surface area contributed by atoms with Gasteiger partial charge in [-0.05, 0) is 23.7 Å². The van der Waals surface area contributed by atoms with Gasteiger partial charge < -0.3 is 9.16 Å². The first-order valence-corrected chi connectivity index (χ1v) is 12.9. The van der Waals surface area contributed by atoms with Gasteiger partial charge >= 0.3 is 0 Å². The van der Waals surface area contributed by atoms with E-state index in [9.17, 15) is 0 Å². The summed E-state index contributed by atoms with van der Waals surface area (Å²) in [5.41, 5.74) is 1.44. The minimum absolute atomic E-state index is 0.267. The molecule has 1 aliphatic carbocycles. The van der Waals surface area contributed by atoms with E-state index in [-0.39, 0.29) is 11.1 Å². The maximum atomic E-state index is 6.81. The first kappa shape index (κ1) is 16.4. The molecule has 2 fully saturated rings. The largest absolute Gasteiger partial charge is 0.410 e. The highest BCUT2D eigenvalue weighted by atomic mass is 32.2. The normalized spacial score (nSPS) is 32.3. The van der Waals surface area contributed by atoms with Crippen molar-refractivity contribution in [2.45, 2.75) is 68.0 Å². The first-order valence-electron chi connectivity index (χ1n) is 8.00. The van der Waals surface area contributed by atoms with Crippen LogP contribution in [0.5, 0.6) is 0 Å². The fraction of sp³-hybridized carbons (Fsp3) is 0.875. The van der Waals surface area contributed by atoms with Gasteiger partial charge in [-0.25, -0.2) is 0 Å². The Bertz CT molecular complexity index is 436. The van der Waals surface area contributed by atoms with E-state index in [1.807, 2.05) is 0 Å². The average Bonchev–Trinajstić information content (AvgIpc) is 2.97. The van der Waals surface area contributed by atoms with E-state index < -0.39 is 8.32 Å². The first-order chi connectivity index (χ1) is 9.73. The monoisotopic (exact) mass is 344 g/mol. The van der Waals surface area contributed by atoms with Gasteiger partial charge in [0.1, 0.15) is 0 Å². The van der Waals surface area contributed by atoms with Gasteiger partial charge in [0.2, 0.25) is 0 Å². The number of ether oxygens (including phenoxy) is 1. The summed E-state index contributed by atoms with van der Waals surface area (Å²) in [5.74, 6) is 2.56. The molecule has 0 unspecified atom stereocenters. The van der Waals surface area contributed by atoms with Crippen LogP contribution in [0.1, 0.15) is 33.6 Å². The third-order valence-corrected chi connectivity index (χ3v) is 13.4. The molecule has 2 aliphatic heterocycles. The summed E-state index contributed by atoms with van der Waals surface area (Å²) in [6.45, 7) is 12.5. The molecule has 2 atom stereocenters. The van der Waals surface area contributed by atoms with E-state index >= 15 is 0 Å². The van der Waals surface area contributed by atoms with Gasteiger partial charge in [-0.3, -0.25) is 0 Å². The van der Waals surface area contributed by atoms with Crippen molar-refractivity contribution in [3.63, 3.8) is 0 Å². The molecule has 3 aliphatic rings. The summed E-state index contributed by atoms with van der Waals surface area (Å²) in [4.78, 5) is 0. The summed E-state index contributed by atoms with van der Waals surface area (Å²) in [5, 5.41) is 0.267. The zero-order valence-electron chi connectivity index (χ0n) is 13.9. The average molecular weight is 345 g/mol. The molecule has 0 amide bonds. The van der Waals surface area contributed by atoms with Gasteiger partial charge in [0.25, 0.3) is 0 Å². The van der Waals surface area contributed by atoms with Crippen molar-refractivity contribution in [1.29, 1.82) is 0 Å². The van der Waals surface area contributed by atoms with Gasteiger partial charge in [0.15, 0.2) is 8.32 Å². The number of hydrogen-bond acceptors (Lipinski definition) is 4. The molecule has 120 valence electrons. The van der Waals surface area contributed by atoms with Gasteiger partial charge in [-0.15, -0.1) is 23.5 Å². The van der Waals surface area contributed by atoms with Gasteiger partial charge in [-0.2, -0.15) is 0 Å². The molecular weight excluding hydrogens is 316 g/mol. The number of fused-ring (bicyclic) bond motifs is 1. The molecule has 2 heterocycles. The summed E-state index contributed by atoms with van der Waals surface area (Å²) >= 11 is 4.29. The predicted molar refractivity (Wildman–Crippen MR) is 96.8 cm³/mol. The fourth-order valence-electron chi connectivity index (χ4n) is 3.14. The second-order valence-corrected chi connectivity index (χ2v) is 15.9. The molecule has 5 heteroatoms. The fourth-order valence-corrected chi connectivity index (χ4v) is 7.75. The van der Waals surface area contributed by atoms with Crippen molar-refractivity contribution in [3.05, 3.63) is 11.6 Å². The smallest absolute Gasteiger partial charge is 0.192 e. The molecule has 0 N–H and O–H groups in total. The highest BCUT2D eigenvalue weighted by Crippen LogP contribution is 2.56. The minimum Gasteiger partial charge on any atom is -0.410 e. The maximum absolute atomic E-state index is 6.81. The molecule has 1 spiro atoms. The van der Waals surface area contributed by atoms with Crippen LogP contribution in [0.15, 0.2) is 11.6 Å². The second-order valence-electron chi connectivity index (χ2n) is 7.91. The van der Waals surface area contributed by atoms with Crippen LogP contribution in [0.2, 0.25) is 18.1 Å². The molecule has 0 bridgehead atoms. The molecule has 0 aromatic rings. The van der Waals surface area contributed by atoms with Crippen molar-refractivity contribution < 1.29 is 9.16 Å². The zero-order chi connectivity index (χ0) is 15.3. The number of thioether (sulfide) groups is 2. The van der Waals surface area contributed by atoms with Crippen LogP contribution >= 0.6 is 23.5 Å². The van der Waals surface area contributed by atoms with Gasteiger partial charge in [0, 0.05) is 24.3 Å². The van der Waals surface area contributed by atoms with E-state index in [0.717, 1.165) is 6.61 Å². The third-order valence-electron chi connectivity index (χ3n) is 5.41. The minimum atomic E-state index is -1.73. The quantitative estimate of drug-likeness (QED) is 0.535. The molecule has 1 saturated carbocycles. The van der Waals surface area contributed by atoms with Gasteiger partial charge in [0.05, 0.1) is 22.9 Å². The van der Waals surface area contributed by atoms with E-state index in [2.05, 4.69) is 63.5 Å². The number of rotatable bonds is 2. The maximum Gasteiger partial charge on any atom is 0.192 e. The highest BCUT2D eigenvalue weighted by Gasteiger charge is 2.50. The lowest BCUT2D eigenvalue weighted by atomic mass is 9.89. The molecular formula is C16H28O2S2Si. The number of hydrogen-bond donors (Lipinski definition) is 0. The van der Waals surface area contributed by atoms with Crippen molar-refractivity contribution in [3.8, 4) is 0 Å². The van der Waals surface area contributed by atoms with Crippen LogP contribution < -0.4 is 0 Å². The van der Waals surface area contributed by atoms with Crippen LogP contribution in [-0.2, 0) is 9.16 Å². The second kappa shape index (κ2) is 5.59. The Hall–Kier alpha value is 0.577. The Kier molecular flexibility index (Phi) is 4.37. The molecule has 0 aromatic carbocycles. The lowest BCUT2D eigenvalue weighted by Crippen LogP contribution is -2.49. The van der Waals surface area contributed by atoms with Gasteiger partial charge in [-0.1, -0.05) is 26.8 Å². The lowest BCUT2D eigenvalue weighted by Gasteiger charge is -2.46. The highest BCUT2D eigenvalue weighted by molar-refractivity contribution is 8.21. The third kappa shape index (κ3) is 3.14. The Labute approximate surface area is 138 Å². The summed E-state index contributed by atoms with van der Waals surface area (Å²) in [6, 6.07) is 0. The van der Waals surface area contributed by atoms with Crippen LogP contribution in [0.3, 0.4) is 0 Å². The Morgan fingerprint density at radius 3 is 2.52 bits per heavy atom. The van der Waals surface area contributed by atoms with Crippen molar-refractivity contribution in [1.82, 2.24) is 0 Å². The van der Waals surface area contributed by atoms with E-state index in [0.29, 0.717) is 10.2 Å². The Balaban J connectivity index is 1.81. The molecule has 2 nitrogen and oxygen atoms in total. The summed E-state index contributed by atoms with van der Waals surface area (Å²) < 4.78 is 13.1. The Morgan fingerprint density at radius 1 is 1.24 bits per heavy atom. The molecule has 21 heavy (non-hydrogen) atoms. The van der Waals surface area contributed by atoms with Crippen molar-refractivity contribution in [2.24, 2.45) is 0 Å². The van der Waals surface area contributed by atoms with Crippen LogP contribution in [-0.4, -0.2) is 42.7 Å². The van der Waals surface area contributed by atoms with Crippen LogP contribution in [0.4, 0.5) is 0 Å². The predicted octanol–water partition coefficient (Wildman–Crippen LogP) is 4.67. The molecule has 3 rings (SSSR count). The van der Waals surface area contributed by atoms with Crippen LogP contribution in [0, 0.1) is 0 Å². The lowest BCUT2D eigenvalue weighted by molar-refractivity contribution is 0.0700. The molecule has 0 radical (unpaired) electrons. The Morgan fingerprint density at radius 2 is 1.90 bits per heavy atom. The zero-order valence-corrected chi connectivity index (χ0v) is 16.5. The van der Waals surface area contributed by atoms with E-state index in [1.165, 1.54) is 29.9 Å². The standard InChI is InChI=1S/C16H28O2S2Si/c1-15(2,3)21(4,5)18-14-11-16(19-8-9-20-16)10-13-12(14)6-7-17-13/h6,13-14H,7-11H2,1-5H3/t13-,14-/m1/s1. The SMILES string of the molecule is CC(C)(C)[Si](C)(C)O[C@@H]1CC2(C[C@H]3OCC=C31)SCCS2. The molecule has 0 aromatic heterocycles. The molecule has 1 saturated heterocycles. The summed E-state index contributed by atoms with van der Waals surface area (Å²) in [7, 11) is -1.73. The topological polar surface area (TPSA) is 18.5 Å². The van der Waals surface area contributed by atoms with E-state index in [4.69, 9.17) is 9.16 Å². The van der Waals surface area contributed by atoms with E-state index in [1.54, 1.807) is 0 Å². The van der Waals surface area contributed by atoms with Crippen molar-refractivity contribution in [2.75, 3.05) is 18.1 Å².